The number of carbonyl (C=O) groups is 1. The molecule has 1 fully saturated rings. The summed E-state index contributed by atoms with van der Waals surface area (Å²) in [5.74, 6) is -3.76. The predicted octanol–water partition coefficient (Wildman–Crippen LogP) is 5.35. The Morgan fingerprint density at radius 1 is 1.24 bits per heavy atom. The second-order valence-electron chi connectivity index (χ2n) is 12.1. The van der Waals surface area contributed by atoms with Crippen LogP contribution in [0, 0.1) is 28.4 Å². The molecule has 1 aliphatic rings. The average Bonchev–Trinajstić information content (AvgIpc) is 3.16. The minimum atomic E-state index is -1.76. The van der Waals surface area contributed by atoms with Crippen molar-refractivity contribution in [3.05, 3.63) is 81.5 Å². The molecule has 1 aliphatic heterocycles. The molecule has 41 heavy (non-hydrogen) atoms. The van der Waals surface area contributed by atoms with Gasteiger partial charge in [0.2, 0.25) is 0 Å². The van der Waals surface area contributed by atoms with Crippen LogP contribution in [-0.4, -0.2) is 41.1 Å². The van der Waals surface area contributed by atoms with Gasteiger partial charge in [0, 0.05) is 35.3 Å². The van der Waals surface area contributed by atoms with Gasteiger partial charge in [0.15, 0.2) is 0 Å². The number of hydrogen-bond donors (Lipinski definition) is 4. The summed E-state index contributed by atoms with van der Waals surface area (Å²) < 4.78 is 31.3. The van der Waals surface area contributed by atoms with E-state index in [9.17, 15) is 15.2 Å². The van der Waals surface area contributed by atoms with Crippen LogP contribution in [0.25, 0.3) is 0 Å². The van der Waals surface area contributed by atoms with Gasteiger partial charge in [0.1, 0.15) is 22.9 Å². The molecule has 0 spiro atoms. The van der Waals surface area contributed by atoms with Crippen LogP contribution < -0.4 is 16.4 Å². The van der Waals surface area contributed by atoms with Crippen LogP contribution in [0.5, 0.6) is 0 Å². The van der Waals surface area contributed by atoms with E-state index in [1.807, 2.05) is 20.8 Å². The summed E-state index contributed by atoms with van der Waals surface area (Å²) in [5, 5.41) is 26.7. The van der Waals surface area contributed by atoms with Crippen LogP contribution in [0.15, 0.2) is 53.7 Å². The van der Waals surface area contributed by atoms with E-state index >= 15 is 8.78 Å². The first-order valence-corrected chi connectivity index (χ1v) is 13.8. The largest absolute Gasteiger partial charge is 0.389 e. The summed E-state index contributed by atoms with van der Waals surface area (Å²) in [5.41, 5.74) is 2.81. The van der Waals surface area contributed by atoms with Gasteiger partial charge in [-0.2, -0.15) is 10.3 Å². The second kappa shape index (κ2) is 12.5. The van der Waals surface area contributed by atoms with Crippen molar-refractivity contribution in [2.75, 3.05) is 6.54 Å². The zero-order valence-electron chi connectivity index (χ0n) is 23.6. The molecule has 11 heteroatoms. The number of aliphatic hydroxyl groups is 1. The van der Waals surface area contributed by atoms with E-state index < -0.39 is 46.6 Å². The van der Waals surface area contributed by atoms with Crippen LogP contribution in [0.1, 0.15) is 58.1 Å². The summed E-state index contributed by atoms with van der Waals surface area (Å²) in [6.07, 6.45) is 3.10. The number of nitriles is 1. The quantitative estimate of drug-likeness (QED) is 0.237. The number of amides is 1. The lowest BCUT2D eigenvalue weighted by Gasteiger charge is -2.37. The average molecular weight is 607 g/mol. The van der Waals surface area contributed by atoms with Crippen molar-refractivity contribution in [2.45, 2.75) is 70.1 Å². The Hall–Kier alpha value is -3.03. The molecule has 0 aliphatic carbocycles. The molecule has 0 bridgehead atoms. The Labute approximate surface area is 249 Å². The fraction of sp³-hybridized carbons (Fsp3) is 0.433. The lowest BCUT2D eigenvalue weighted by molar-refractivity contribution is -0.119. The second-order valence-corrected chi connectivity index (χ2v) is 12.9. The first-order valence-electron chi connectivity index (χ1n) is 13.1. The maximum atomic E-state index is 15.7. The first kappa shape index (κ1) is 32.5. The SMILES string of the molecule is CC(C)(C)C[C@H]1NC(C(=O)N=C(N)/C=C\NCC(C)(C)O)[C@@H](c2cccc(Cl)c2F)C1(C#N)c1ccc(Cl)cc1F. The van der Waals surface area contributed by atoms with E-state index in [1.165, 1.54) is 42.6 Å². The summed E-state index contributed by atoms with van der Waals surface area (Å²) in [4.78, 5) is 17.7. The standard InChI is InChI=1S/C30H35Cl2F2N5O2/c1-28(2,3)14-22-30(15-35,19-10-9-17(31)13-21(19)33)24(18-7-6-8-20(32)25(18)34)26(38-22)27(40)39-23(36)11-12-37-16-29(4,5)41/h6-13,22,24,26,37-38,41H,14,16H2,1-5H3,(H2,36,39,40)/b12-11-/t22-,24-,26?,30?/m1/s1. The number of nitrogens with zero attached hydrogens (tertiary/aromatic N) is 2. The maximum Gasteiger partial charge on any atom is 0.265 e. The first-order chi connectivity index (χ1) is 19.0. The molecule has 2 aromatic carbocycles. The molecule has 1 amide bonds. The van der Waals surface area contributed by atoms with E-state index in [-0.39, 0.29) is 39.0 Å². The Kier molecular flexibility index (Phi) is 9.87. The predicted molar refractivity (Wildman–Crippen MR) is 158 cm³/mol. The van der Waals surface area contributed by atoms with Gasteiger partial charge in [0.25, 0.3) is 5.91 Å². The van der Waals surface area contributed by atoms with Crippen LogP contribution >= 0.6 is 23.2 Å². The van der Waals surface area contributed by atoms with E-state index in [0.717, 1.165) is 6.07 Å². The number of carbonyl (C=O) groups excluding carboxylic acids is 1. The van der Waals surface area contributed by atoms with Crippen molar-refractivity contribution in [2.24, 2.45) is 16.1 Å². The van der Waals surface area contributed by atoms with Gasteiger partial charge >= 0.3 is 0 Å². The van der Waals surface area contributed by atoms with Crippen molar-refractivity contribution in [1.29, 1.82) is 5.26 Å². The van der Waals surface area contributed by atoms with Crippen molar-refractivity contribution >= 4 is 34.9 Å². The van der Waals surface area contributed by atoms with Gasteiger partial charge in [-0.3, -0.25) is 4.79 Å². The molecule has 3 rings (SSSR count). The molecule has 4 atom stereocenters. The van der Waals surface area contributed by atoms with Crippen molar-refractivity contribution in [1.82, 2.24) is 10.6 Å². The molecule has 0 radical (unpaired) electrons. The summed E-state index contributed by atoms with van der Waals surface area (Å²) in [6, 6.07) is 8.45. The third-order valence-electron chi connectivity index (χ3n) is 6.86. The normalized spacial score (nSPS) is 23.5. The van der Waals surface area contributed by atoms with Crippen molar-refractivity contribution in [3.63, 3.8) is 0 Å². The lowest BCUT2D eigenvalue weighted by Crippen LogP contribution is -2.44. The molecule has 7 nitrogen and oxygen atoms in total. The zero-order valence-corrected chi connectivity index (χ0v) is 25.1. The number of amidine groups is 1. The van der Waals surface area contributed by atoms with Gasteiger partial charge in [-0.1, -0.05) is 62.2 Å². The number of benzene rings is 2. The molecule has 1 saturated heterocycles. The van der Waals surface area contributed by atoms with E-state index in [0.29, 0.717) is 6.42 Å². The number of rotatable bonds is 8. The number of nitrogens with two attached hydrogens (primary N) is 1. The number of hydrogen-bond acceptors (Lipinski definition) is 5. The summed E-state index contributed by atoms with van der Waals surface area (Å²) in [6.45, 7) is 9.29. The Bertz CT molecular complexity index is 1390. The highest BCUT2D eigenvalue weighted by Crippen LogP contribution is 2.52. The molecule has 220 valence electrons. The summed E-state index contributed by atoms with van der Waals surface area (Å²) >= 11 is 12.2. The highest BCUT2D eigenvalue weighted by atomic mass is 35.5. The minimum Gasteiger partial charge on any atom is -0.389 e. The molecule has 1 heterocycles. The lowest BCUT2D eigenvalue weighted by atomic mass is 9.62. The number of nitrogens with one attached hydrogen (secondary N) is 2. The third-order valence-corrected chi connectivity index (χ3v) is 7.39. The van der Waals surface area contributed by atoms with E-state index in [2.05, 4.69) is 21.7 Å². The van der Waals surface area contributed by atoms with Gasteiger partial charge in [-0.05, 0) is 55.5 Å². The zero-order chi connectivity index (χ0) is 30.8. The Morgan fingerprint density at radius 3 is 2.51 bits per heavy atom. The molecule has 2 aromatic rings. The van der Waals surface area contributed by atoms with Gasteiger partial charge in [0.05, 0.1) is 22.7 Å². The van der Waals surface area contributed by atoms with Crippen LogP contribution in [0.3, 0.4) is 0 Å². The number of halogens is 4. The molecule has 0 saturated carbocycles. The fourth-order valence-electron chi connectivity index (χ4n) is 5.23. The van der Waals surface area contributed by atoms with Crippen LogP contribution in [0.2, 0.25) is 10.0 Å². The maximum absolute atomic E-state index is 15.7. The smallest absolute Gasteiger partial charge is 0.265 e. The van der Waals surface area contributed by atoms with E-state index in [4.69, 9.17) is 28.9 Å². The van der Waals surface area contributed by atoms with Gasteiger partial charge in [-0.15, -0.1) is 0 Å². The number of aliphatic imine (C=N–C) groups is 1. The monoisotopic (exact) mass is 605 g/mol. The van der Waals surface area contributed by atoms with Crippen LogP contribution in [0.4, 0.5) is 8.78 Å². The highest BCUT2D eigenvalue weighted by Gasteiger charge is 2.61. The van der Waals surface area contributed by atoms with Crippen LogP contribution in [-0.2, 0) is 10.2 Å². The highest BCUT2D eigenvalue weighted by molar-refractivity contribution is 6.31. The van der Waals surface area contributed by atoms with E-state index in [1.54, 1.807) is 13.8 Å². The van der Waals surface area contributed by atoms with Gasteiger partial charge in [-0.25, -0.2) is 8.78 Å². The Balaban J connectivity index is 2.22. The molecular weight excluding hydrogens is 571 g/mol. The molecule has 0 aromatic heterocycles. The third kappa shape index (κ3) is 7.44. The fourth-order valence-corrected chi connectivity index (χ4v) is 5.57. The minimum absolute atomic E-state index is 0.0292. The van der Waals surface area contributed by atoms with Crippen molar-refractivity contribution in [3.8, 4) is 6.07 Å². The van der Waals surface area contributed by atoms with Gasteiger partial charge < -0.3 is 21.5 Å². The van der Waals surface area contributed by atoms with Crippen molar-refractivity contribution < 1.29 is 18.7 Å². The summed E-state index contributed by atoms with van der Waals surface area (Å²) in [7, 11) is 0. The molecule has 2 unspecified atom stereocenters. The molecule has 5 N–H and O–H groups in total. The topological polar surface area (TPSA) is 124 Å². The molecular formula is C30H35Cl2F2N5O2. The Morgan fingerprint density at radius 2 is 1.93 bits per heavy atom.